The number of halogens is 1. The third-order valence-electron chi connectivity index (χ3n) is 3.91. The number of hydrogen-bond acceptors (Lipinski definition) is 3. The SMILES string of the molecule is CSc1nc(-c2ccc(F)cc2)c(-c2ccnc3ccccc23)[nH]1. The summed E-state index contributed by atoms with van der Waals surface area (Å²) in [6.07, 6.45) is 3.77. The first kappa shape index (κ1) is 14.9. The van der Waals surface area contributed by atoms with E-state index in [-0.39, 0.29) is 5.82 Å². The molecule has 0 aliphatic carbocycles. The van der Waals surface area contributed by atoms with Gasteiger partial charge in [-0.1, -0.05) is 30.0 Å². The molecule has 0 atom stereocenters. The van der Waals surface area contributed by atoms with Gasteiger partial charge in [0.2, 0.25) is 0 Å². The summed E-state index contributed by atoms with van der Waals surface area (Å²) in [7, 11) is 0. The molecule has 0 amide bonds. The van der Waals surface area contributed by atoms with Gasteiger partial charge in [0.25, 0.3) is 0 Å². The van der Waals surface area contributed by atoms with E-state index in [9.17, 15) is 4.39 Å². The number of fused-ring (bicyclic) bond motifs is 1. The van der Waals surface area contributed by atoms with Crippen LogP contribution < -0.4 is 0 Å². The van der Waals surface area contributed by atoms with E-state index in [0.717, 1.165) is 38.6 Å². The molecule has 2 aromatic carbocycles. The Morgan fingerprint density at radius 1 is 1.00 bits per heavy atom. The monoisotopic (exact) mass is 335 g/mol. The Balaban J connectivity index is 1.97. The van der Waals surface area contributed by atoms with E-state index in [2.05, 4.69) is 15.0 Å². The van der Waals surface area contributed by atoms with Crippen LogP contribution in [0.1, 0.15) is 0 Å². The van der Waals surface area contributed by atoms with E-state index < -0.39 is 0 Å². The average molecular weight is 335 g/mol. The second-order valence-corrected chi connectivity index (χ2v) is 6.15. The Labute approximate surface area is 143 Å². The number of pyridine rings is 1. The predicted molar refractivity (Wildman–Crippen MR) is 96.5 cm³/mol. The highest BCUT2D eigenvalue weighted by Crippen LogP contribution is 2.35. The number of hydrogen-bond donors (Lipinski definition) is 1. The van der Waals surface area contributed by atoms with Crippen LogP contribution in [0.5, 0.6) is 0 Å². The van der Waals surface area contributed by atoms with Crippen molar-refractivity contribution in [3.63, 3.8) is 0 Å². The summed E-state index contributed by atoms with van der Waals surface area (Å²) < 4.78 is 13.3. The van der Waals surface area contributed by atoms with Crippen molar-refractivity contribution in [1.29, 1.82) is 0 Å². The van der Waals surface area contributed by atoms with Crippen LogP contribution in [0.3, 0.4) is 0 Å². The Kier molecular flexibility index (Phi) is 3.78. The number of para-hydroxylation sites is 1. The quantitative estimate of drug-likeness (QED) is 0.526. The molecule has 3 nitrogen and oxygen atoms in total. The molecule has 0 saturated carbocycles. The van der Waals surface area contributed by atoms with Crippen LogP contribution in [0, 0.1) is 5.82 Å². The zero-order chi connectivity index (χ0) is 16.5. The lowest BCUT2D eigenvalue weighted by atomic mass is 10.0. The molecule has 0 saturated heterocycles. The van der Waals surface area contributed by atoms with Crippen molar-refractivity contribution in [3.8, 4) is 22.5 Å². The van der Waals surface area contributed by atoms with Crippen molar-refractivity contribution >= 4 is 22.7 Å². The van der Waals surface area contributed by atoms with Crippen molar-refractivity contribution < 1.29 is 4.39 Å². The third-order valence-corrected chi connectivity index (χ3v) is 4.49. The number of aromatic amines is 1. The summed E-state index contributed by atoms with van der Waals surface area (Å²) in [5.41, 5.74) is 4.58. The summed E-state index contributed by atoms with van der Waals surface area (Å²) in [6, 6.07) is 16.4. The van der Waals surface area contributed by atoms with E-state index >= 15 is 0 Å². The Hall–Kier alpha value is -2.66. The van der Waals surface area contributed by atoms with Gasteiger partial charge in [-0.05, 0) is 42.7 Å². The Morgan fingerprint density at radius 2 is 1.79 bits per heavy atom. The lowest BCUT2D eigenvalue weighted by Crippen LogP contribution is -1.88. The van der Waals surface area contributed by atoms with Crippen LogP contribution in [0.25, 0.3) is 33.4 Å². The zero-order valence-corrected chi connectivity index (χ0v) is 13.8. The van der Waals surface area contributed by atoms with Gasteiger partial charge in [-0.25, -0.2) is 9.37 Å². The van der Waals surface area contributed by atoms with E-state index in [1.165, 1.54) is 12.1 Å². The third kappa shape index (κ3) is 2.57. The minimum Gasteiger partial charge on any atom is -0.332 e. The van der Waals surface area contributed by atoms with E-state index in [1.807, 2.05) is 36.6 Å². The Morgan fingerprint density at radius 3 is 2.58 bits per heavy atom. The number of imidazole rings is 1. The molecular weight excluding hydrogens is 321 g/mol. The van der Waals surface area contributed by atoms with E-state index in [4.69, 9.17) is 0 Å². The van der Waals surface area contributed by atoms with Crippen LogP contribution in [0.15, 0.2) is 66.0 Å². The number of aromatic nitrogens is 3. The molecule has 0 radical (unpaired) electrons. The number of rotatable bonds is 3. The summed E-state index contributed by atoms with van der Waals surface area (Å²) in [6.45, 7) is 0. The zero-order valence-electron chi connectivity index (χ0n) is 13.0. The van der Waals surface area contributed by atoms with Gasteiger partial charge in [0.05, 0.1) is 16.9 Å². The average Bonchev–Trinajstić information content (AvgIpc) is 3.06. The van der Waals surface area contributed by atoms with Gasteiger partial charge in [0.15, 0.2) is 5.16 Å². The highest BCUT2D eigenvalue weighted by atomic mass is 32.2. The molecule has 1 N–H and O–H groups in total. The van der Waals surface area contributed by atoms with E-state index in [1.54, 1.807) is 30.1 Å². The fourth-order valence-electron chi connectivity index (χ4n) is 2.77. The highest BCUT2D eigenvalue weighted by Gasteiger charge is 2.16. The molecule has 24 heavy (non-hydrogen) atoms. The molecular formula is C19H14FN3S. The van der Waals surface area contributed by atoms with Crippen molar-refractivity contribution in [2.75, 3.05) is 6.26 Å². The minimum absolute atomic E-state index is 0.254. The summed E-state index contributed by atoms with van der Waals surface area (Å²) in [5, 5.41) is 1.88. The van der Waals surface area contributed by atoms with Crippen LogP contribution in [-0.4, -0.2) is 21.2 Å². The molecule has 0 aliphatic heterocycles. The van der Waals surface area contributed by atoms with Gasteiger partial charge >= 0.3 is 0 Å². The van der Waals surface area contributed by atoms with Crippen LogP contribution in [0.2, 0.25) is 0 Å². The maximum absolute atomic E-state index is 13.3. The standard InChI is InChI=1S/C19H14FN3S/c1-24-19-22-17(12-6-8-13(20)9-7-12)18(23-19)15-10-11-21-16-5-3-2-4-14(15)16/h2-11H,1H3,(H,22,23). The van der Waals surface area contributed by atoms with Crippen molar-refractivity contribution in [3.05, 3.63) is 66.6 Å². The molecule has 0 bridgehead atoms. The minimum atomic E-state index is -0.254. The first-order chi connectivity index (χ1) is 11.8. The van der Waals surface area contributed by atoms with Crippen LogP contribution in [0.4, 0.5) is 4.39 Å². The molecule has 4 aromatic rings. The van der Waals surface area contributed by atoms with Gasteiger partial charge in [0, 0.05) is 22.7 Å². The first-order valence-corrected chi connectivity index (χ1v) is 8.73. The molecule has 4 rings (SSSR count). The molecule has 2 aromatic heterocycles. The van der Waals surface area contributed by atoms with Gasteiger partial charge in [-0.2, -0.15) is 0 Å². The molecule has 5 heteroatoms. The van der Waals surface area contributed by atoms with Crippen molar-refractivity contribution in [2.24, 2.45) is 0 Å². The molecule has 0 spiro atoms. The summed E-state index contributed by atoms with van der Waals surface area (Å²) >= 11 is 1.55. The molecule has 118 valence electrons. The number of nitrogens with one attached hydrogen (secondary N) is 1. The molecule has 0 fully saturated rings. The lowest BCUT2D eigenvalue weighted by Gasteiger charge is -2.07. The topological polar surface area (TPSA) is 41.6 Å². The summed E-state index contributed by atoms with van der Waals surface area (Å²) in [4.78, 5) is 12.5. The molecule has 2 heterocycles. The normalized spacial score (nSPS) is 11.1. The molecule has 0 unspecified atom stereocenters. The number of nitrogens with zero attached hydrogens (tertiary/aromatic N) is 2. The number of benzene rings is 2. The number of H-pyrrole nitrogens is 1. The van der Waals surface area contributed by atoms with Gasteiger partial charge in [-0.3, -0.25) is 4.98 Å². The largest absolute Gasteiger partial charge is 0.332 e. The number of thioether (sulfide) groups is 1. The van der Waals surface area contributed by atoms with E-state index in [0.29, 0.717) is 0 Å². The van der Waals surface area contributed by atoms with Crippen LogP contribution in [-0.2, 0) is 0 Å². The smallest absolute Gasteiger partial charge is 0.166 e. The fraction of sp³-hybridized carbons (Fsp3) is 0.0526. The molecule has 0 aliphatic rings. The maximum Gasteiger partial charge on any atom is 0.166 e. The second kappa shape index (κ2) is 6.09. The predicted octanol–water partition coefficient (Wildman–Crippen LogP) is 5.15. The van der Waals surface area contributed by atoms with Gasteiger partial charge < -0.3 is 4.98 Å². The summed E-state index contributed by atoms with van der Waals surface area (Å²) in [5.74, 6) is -0.254. The second-order valence-electron chi connectivity index (χ2n) is 5.35. The van der Waals surface area contributed by atoms with Crippen LogP contribution >= 0.6 is 11.8 Å². The van der Waals surface area contributed by atoms with Gasteiger partial charge in [-0.15, -0.1) is 0 Å². The fourth-order valence-corrected chi connectivity index (χ4v) is 3.16. The van der Waals surface area contributed by atoms with Gasteiger partial charge in [0.1, 0.15) is 5.82 Å². The highest BCUT2D eigenvalue weighted by molar-refractivity contribution is 7.98. The van der Waals surface area contributed by atoms with Crippen molar-refractivity contribution in [2.45, 2.75) is 5.16 Å². The van der Waals surface area contributed by atoms with Crippen molar-refractivity contribution in [1.82, 2.24) is 15.0 Å². The first-order valence-electron chi connectivity index (χ1n) is 7.50. The Bertz CT molecular complexity index is 1000. The maximum atomic E-state index is 13.3. The lowest BCUT2D eigenvalue weighted by molar-refractivity contribution is 0.628.